The van der Waals surface area contributed by atoms with Crippen LogP contribution in [0.15, 0.2) is 30.3 Å². The number of ether oxygens (including phenoxy) is 1. The summed E-state index contributed by atoms with van der Waals surface area (Å²) in [5.74, 6) is 0.534. The number of rotatable bonds is 3. The van der Waals surface area contributed by atoms with E-state index in [9.17, 15) is 10.1 Å². The first-order valence-electron chi connectivity index (χ1n) is 5.21. The minimum Gasteiger partial charge on any atom is -0.439 e. The van der Waals surface area contributed by atoms with Gasteiger partial charge in [-0.25, -0.2) is 4.98 Å². The molecule has 0 saturated heterocycles. The molecule has 0 amide bonds. The third kappa shape index (κ3) is 3.33. The summed E-state index contributed by atoms with van der Waals surface area (Å²) < 4.78 is 5.43. The van der Waals surface area contributed by atoms with Gasteiger partial charge < -0.3 is 4.74 Å². The molecule has 0 aliphatic rings. The first-order chi connectivity index (χ1) is 8.95. The van der Waals surface area contributed by atoms with Crippen molar-refractivity contribution in [3.63, 3.8) is 0 Å². The van der Waals surface area contributed by atoms with Crippen molar-refractivity contribution in [1.82, 2.24) is 4.98 Å². The number of aromatic nitrogens is 1. The number of pyridine rings is 1. The third-order valence-electron chi connectivity index (χ3n) is 2.32. The Morgan fingerprint density at radius 1 is 1.26 bits per heavy atom. The maximum atomic E-state index is 10.7. The van der Waals surface area contributed by atoms with Gasteiger partial charge in [0.2, 0.25) is 5.88 Å². The quantitative estimate of drug-likeness (QED) is 0.478. The van der Waals surface area contributed by atoms with E-state index in [1.807, 2.05) is 6.92 Å². The summed E-state index contributed by atoms with van der Waals surface area (Å²) in [5.41, 5.74) is 0.649. The molecule has 2 rings (SSSR count). The van der Waals surface area contributed by atoms with Gasteiger partial charge in [0.25, 0.3) is 5.69 Å². The van der Waals surface area contributed by atoms with Crippen molar-refractivity contribution in [2.24, 2.45) is 0 Å². The molecule has 0 aliphatic carbocycles. The van der Waals surface area contributed by atoms with Crippen LogP contribution in [0.25, 0.3) is 0 Å². The highest BCUT2D eigenvalue weighted by atomic mass is 35.5. The predicted molar refractivity (Wildman–Crippen MR) is 72.2 cm³/mol. The van der Waals surface area contributed by atoms with Crippen molar-refractivity contribution >= 4 is 28.9 Å². The fraction of sp³-hybridized carbons (Fsp3) is 0.0833. The maximum Gasteiger partial charge on any atom is 0.277 e. The van der Waals surface area contributed by atoms with Gasteiger partial charge in [-0.05, 0) is 30.7 Å². The van der Waals surface area contributed by atoms with Gasteiger partial charge in [0.15, 0.2) is 0 Å². The first kappa shape index (κ1) is 13.6. The second-order valence-electron chi connectivity index (χ2n) is 3.76. The number of hydrogen-bond donors (Lipinski definition) is 0. The van der Waals surface area contributed by atoms with Gasteiger partial charge in [-0.3, -0.25) is 10.1 Å². The molecule has 5 nitrogen and oxygen atoms in total. The van der Waals surface area contributed by atoms with E-state index in [4.69, 9.17) is 27.9 Å². The summed E-state index contributed by atoms with van der Waals surface area (Å²) in [7, 11) is 0. The molecule has 0 atom stereocenters. The molecule has 0 unspecified atom stereocenters. The average molecular weight is 299 g/mol. The predicted octanol–water partition coefficient (Wildman–Crippen LogP) is 4.40. The molecule has 0 aliphatic heterocycles. The Bertz CT molecular complexity index is 647. The van der Waals surface area contributed by atoms with Crippen LogP contribution in [0.3, 0.4) is 0 Å². The zero-order chi connectivity index (χ0) is 14.0. The highest BCUT2D eigenvalue weighted by Crippen LogP contribution is 2.28. The van der Waals surface area contributed by atoms with Crippen LogP contribution in [-0.2, 0) is 0 Å². The van der Waals surface area contributed by atoms with Gasteiger partial charge in [0, 0.05) is 5.02 Å². The van der Waals surface area contributed by atoms with E-state index in [2.05, 4.69) is 4.98 Å². The monoisotopic (exact) mass is 298 g/mol. The normalized spacial score (nSPS) is 10.3. The molecule has 1 aromatic carbocycles. The van der Waals surface area contributed by atoms with Gasteiger partial charge >= 0.3 is 0 Å². The van der Waals surface area contributed by atoms with Gasteiger partial charge in [-0.1, -0.05) is 23.2 Å². The highest BCUT2D eigenvalue weighted by Gasteiger charge is 2.12. The summed E-state index contributed by atoms with van der Waals surface area (Å²) in [6, 6.07) is 7.38. The zero-order valence-electron chi connectivity index (χ0n) is 9.76. The fourth-order valence-electron chi connectivity index (χ4n) is 1.42. The molecule has 0 saturated carbocycles. The Hall–Kier alpha value is -1.85. The van der Waals surface area contributed by atoms with Gasteiger partial charge in [0.1, 0.15) is 10.9 Å². The number of hydrogen-bond acceptors (Lipinski definition) is 4. The van der Waals surface area contributed by atoms with E-state index in [0.29, 0.717) is 10.8 Å². The summed E-state index contributed by atoms with van der Waals surface area (Å²) in [6.07, 6.45) is 0. The fourth-order valence-corrected chi connectivity index (χ4v) is 1.73. The van der Waals surface area contributed by atoms with Gasteiger partial charge in [0.05, 0.1) is 17.1 Å². The molecule has 2 aromatic rings. The van der Waals surface area contributed by atoms with Crippen LogP contribution in [0.5, 0.6) is 11.6 Å². The van der Waals surface area contributed by atoms with Crippen molar-refractivity contribution in [1.29, 1.82) is 0 Å². The van der Waals surface area contributed by atoms with Crippen LogP contribution < -0.4 is 4.74 Å². The molecular weight excluding hydrogens is 291 g/mol. The Kier molecular flexibility index (Phi) is 3.87. The largest absolute Gasteiger partial charge is 0.439 e. The van der Waals surface area contributed by atoms with E-state index in [-0.39, 0.29) is 16.7 Å². The molecule has 0 N–H and O–H groups in total. The summed E-state index contributed by atoms with van der Waals surface area (Å²) in [6.45, 7) is 1.82. The van der Waals surface area contributed by atoms with Crippen LogP contribution in [0, 0.1) is 17.0 Å². The minimum atomic E-state index is -0.562. The third-order valence-corrected chi connectivity index (χ3v) is 2.94. The lowest BCUT2D eigenvalue weighted by Crippen LogP contribution is -1.93. The van der Waals surface area contributed by atoms with Crippen LogP contribution in [-0.4, -0.2) is 9.91 Å². The zero-order valence-corrected chi connectivity index (χ0v) is 11.3. The summed E-state index contributed by atoms with van der Waals surface area (Å²) in [5, 5.41) is 11.3. The number of nitrogens with zero attached hydrogens (tertiary/aromatic N) is 2. The van der Waals surface area contributed by atoms with Crippen LogP contribution >= 0.6 is 23.2 Å². The standard InChI is InChI=1S/C12H8Cl2N2O3/c1-7-4-9(2-3-10(7)13)19-12-6-8(16(17)18)5-11(14)15-12/h2-6H,1H3. The Labute approximate surface area is 118 Å². The van der Waals surface area contributed by atoms with Crippen LogP contribution in [0.1, 0.15) is 5.56 Å². The van der Waals surface area contributed by atoms with Crippen molar-refractivity contribution < 1.29 is 9.66 Å². The Morgan fingerprint density at radius 3 is 2.63 bits per heavy atom. The molecule has 0 radical (unpaired) electrons. The molecule has 1 heterocycles. The lowest BCUT2D eigenvalue weighted by molar-refractivity contribution is -0.385. The van der Waals surface area contributed by atoms with Crippen molar-refractivity contribution in [3.05, 3.63) is 56.2 Å². The molecule has 0 fully saturated rings. The molecule has 0 spiro atoms. The second kappa shape index (κ2) is 5.42. The van der Waals surface area contributed by atoms with Crippen LogP contribution in [0.2, 0.25) is 10.2 Å². The molecule has 1 aromatic heterocycles. The Morgan fingerprint density at radius 2 is 2.00 bits per heavy atom. The van der Waals surface area contributed by atoms with Crippen molar-refractivity contribution in [2.75, 3.05) is 0 Å². The lowest BCUT2D eigenvalue weighted by Gasteiger charge is -2.06. The van der Waals surface area contributed by atoms with Gasteiger partial charge in [-0.15, -0.1) is 0 Å². The molecular formula is C12H8Cl2N2O3. The first-order valence-corrected chi connectivity index (χ1v) is 5.97. The molecule has 0 bridgehead atoms. The van der Waals surface area contributed by atoms with Crippen LogP contribution in [0.4, 0.5) is 5.69 Å². The highest BCUT2D eigenvalue weighted by molar-refractivity contribution is 6.31. The van der Waals surface area contributed by atoms with E-state index in [0.717, 1.165) is 11.6 Å². The number of nitro groups is 1. The van der Waals surface area contributed by atoms with Crippen molar-refractivity contribution in [2.45, 2.75) is 6.92 Å². The lowest BCUT2D eigenvalue weighted by atomic mass is 10.2. The maximum absolute atomic E-state index is 10.7. The van der Waals surface area contributed by atoms with Gasteiger partial charge in [-0.2, -0.15) is 0 Å². The van der Waals surface area contributed by atoms with E-state index in [1.54, 1.807) is 18.2 Å². The SMILES string of the molecule is Cc1cc(Oc2cc([N+](=O)[O-])cc(Cl)n2)ccc1Cl. The molecule has 19 heavy (non-hydrogen) atoms. The van der Waals surface area contributed by atoms with E-state index in [1.165, 1.54) is 6.07 Å². The van der Waals surface area contributed by atoms with E-state index < -0.39 is 4.92 Å². The number of aryl methyl sites for hydroxylation is 1. The Balaban J connectivity index is 2.32. The number of benzene rings is 1. The average Bonchev–Trinajstić information content (AvgIpc) is 2.33. The summed E-state index contributed by atoms with van der Waals surface area (Å²) in [4.78, 5) is 14.0. The second-order valence-corrected chi connectivity index (χ2v) is 4.55. The minimum absolute atomic E-state index is 0.00474. The smallest absolute Gasteiger partial charge is 0.277 e. The molecule has 98 valence electrons. The summed E-state index contributed by atoms with van der Waals surface area (Å²) >= 11 is 11.6. The number of halogens is 2. The van der Waals surface area contributed by atoms with Crippen molar-refractivity contribution in [3.8, 4) is 11.6 Å². The topological polar surface area (TPSA) is 65.3 Å². The molecule has 7 heteroatoms. The van der Waals surface area contributed by atoms with E-state index >= 15 is 0 Å².